The highest BCUT2D eigenvalue weighted by Gasteiger charge is 2.27. The molecule has 1 N–H and O–H groups in total. The number of aliphatic hydroxyl groups is 1. The standard InChI is InChI=1S/C21H23F2NO2/c22-18-7-6-17(19(23)14-18)13-21(26)24-10-8-16(9-11-24)20(25)12-15-4-2-1-3-5-15/h1-7,14,16,20,25H,8-13H2/t20-/m0/s1. The Kier molecular flexibility index (Phi) is 5.99. The Labute approximate surface area is 152 Å². The minimum absolute atomic E-state index is 0.0661. The van der Waals surface area contributed by atoms with Crippen LogP contribution in [-0.2, 0) is 17.6 Å². The molecular weight excluding hydrogens is 336 g/mol. The summed E-state index contributed by atoms with van der Waals surface area (Å²) in [5, 5.41) is 10.5. The van der Waals surface area contributed by atoms with Crippen LogP contribution in [0.1, 0.15) is 24.0 Å². The number of rotatable bonds is 5. The fourth-order valence-corrected chi connectivity index (χ4v) is 3.50. The first kappa shape index (κ1) is 18.5. The van der Waals surface area contributed by atoms with E-state index >= 15 is 0 Å². The Bertz CT molecular complexity index is 743. The number of likely N-dealkylation sites (tertiary alicyclic amines) is 1. The van der Waals surface area contributed by atoms with Crippen LogP contribution in [0.5, 0.6) is 0 Å². The first-order valence-electron chi connectivity index (χ1n) is 8.96. The first-order valence-corrected chi connectivity index (χ1v) is 8.96. The Hall–Kier alpha value is -2.27. The van der Waals surface area contributed by atoms with Crippen LogP contribution in [0.25, 0.3) is 0 Å². The lowest BCUT2D eigenvalue weighted by Crippen LogP contribution is -2.42. The van der Waals surface area contributed by atoms with Gasteiger partial charge < -0.3 is 10.0 Å². The summed E-state index contributed by atoms with van der Waals surface area (Å²) in [7, 11) is 0. The quantitative estimate of drug-likeness (QED) is 0.889. The van der Waals surface area contributed by atoms with Crippen LogP contribution in [0.3, 0.4) is 0 Å². The summed E-state index contributed by atoms with van der Waals surface area (Å²) in [6.07, 6.45) is 1.57. The second-order valence-electron chi connectivity index (χ2n) is 6.89. The van der Waals surface area contributed by atoms with E-state index in [0.717, 1.165) is 30.5 Å². The predicted octanol–water partition coefficient (Wildman–Crippen LogP) is 3.35. The van der Waals surface area contributed by atoms with Gasteiger partial charge >= 0.3 is 0 Å². The molecule has 0 unspecified atom stereocenters. The molecule has 0 radical (unpaired) electrons. The Balaban J connectivity index is 1.50. The van der Waals surface area contributed by atoms with Gasteiger partial charge in [-0.25, -0.2) is 8.78 Å². The molecule has 2 aromatic carbocycles. The van der Waals surface area contributed by atoms with Gasteiger partial charge in [-0.3, -0.25) is 4.79 Å². The van der Waals surface area contributed by atoms with E-state index in [0.29, 0.717) is 19.5 Å². The van der Waals surface area contributed by atoms with Gasteiger partial charge in [-0.2, -0.15) is 0 Å². The lowest BCUT2D eigenvalue weighted by Gasteiger charge is -2.34. The van der Waals surface area contributed by atoms with Crippen LogP contribution in [0.4, 0.5) is 8.78 Å². The fourth-order valence-electron chi connectivity index (χ4n) is 3.50. The zero-order valence-electron chi connectivity index (χ0n) is 14.6. The zero-order valence-corrected chi connectivity index (χ0v) is 14.6. The summed E-state index contributed by atoms with van der Waals surface area (Å²) in [4.78, 5) is 14.1. The van der Waals surface area contributed by atoms with Crippen LogP contribution in [0.2, 0.25) is 0 Å². The smallest absolute Gasteiger partial charge is 0.227 e. The molecular formula is C21H23F2NO2. The van der Waals surface area contributed by atoms with E-state index < -0.39 is 17.7 Å². The molecule has 26 heavy (non-hydrogen) atoms. The van der Waals surface area contributed by atoms with Gasteiger partial charge in [0.2, 0.25) is 5.91 Å². The van der Waals surface area contributed by atoms with E-state index in [4.69, 9.17) is 0 Å². The third-order valence-electron chi connectivity index (χ3n) is 5.08. The maximum Gasteiger partial charge on any atom is 0.227 e. The molecule has 1 saturated heterocycles. The van der Waals surface area contributed by atoms with Crippen LogP contribution in [0.15, 0.2) is 48.5 Å². The minimum atomic E-state index is -0.688. The zero-order chi connectivity index (χ0) is 18.5. The number of amides is 1. The third kappa shape index (κ3) is 4.67. The number of halogens is 2. The van der Waals surface area contributed by atoms with Crippen LogP contribution >= 0.6 is 0 Å². The number of hydrogen-bond donors (Lipinski definition) is 1. The Morgan fingerprint density at radius 2 is 1.81 bits per heavy atom. The maximum atomic E-state index is 13.7. The topological polar surface area (TPSA) is 40.5 Å². The number of carbonyl (C=O) groups is 1. The van der Waals surface area contributed by atoms with Crippen molar-refractivity contribution in [3.63, 3.8) is 0 Å². The van der Waals surface area contributed by atoms with Crippen LogP contribution in [0, 0.1) is 17.6 Å². The second-order valence-corrected chi connectivity index (χ2v) is 6.89. The molecule has 138 valence electrons. The molecule has 2 aromatic rings. The van der Waals surface area contributed by atoms with Gasteiger partial charge in [-0.05, 0) is 42.4 Å². The van der Waals surface area contributed by atoms with Crippen molar-refractivity contribution in [3.8, 4) is 0 Å². The minimum Gasteiger partial charge on any atom is -0.392 e. The van der Waals surface area contributed by atoms with E-state index in [1.54, 1.807) is 4.90 Å². The van der Waals surface area contributed by atoms with Crippen LogP contribution in [-0.4, -0.2) is 35.1 Å². The van der Waals surface area contributed by atoms with Gasteiger partial charge in [0.1, 0.15) is 11.6 Å². The van der Waals surface area contributed by atoms with Crippen molar-refractivity contribution in [2.75, 3.05) is 13.1 Å². The first-order chi connectivity index (χ1) is 12.5. The van der Waals surface area contributed by atoms with Crippen molar-refractivity contribution in [3.05, 3.63) is 71.3 Å². The molecule has 1 amide bonds. The van der Waals surface area contributed by atoms with Gasteiger partial charge in [-0.15, -0.1) is 0 Å². The molecule has 1 atom stereocenters. The van der Waals surface area contributed by atoms with E-state index in [1.807, 2.05) is 30.3 Å². The summed E-state index contributed by atoms with van der Waals surface area (Å²) >= 11 is 0. The molecule has 0 aromatic heterocycles. The highest BCUT2D eigenvalue weighted by molar-refractivity contribution is 5.78. The molecule has 5 heteroatoms. The third-order valence-corrected chi connectivity index (χ3v) is 5.08. The number of benzene rings is 2. The van der Waals surface area contributed by atoms with Crippen molar-refractivity contribution in [2.24, 2.45) is 5.92 Å². The van der Waals surface area contributed by atoms with Gasteiger partial charge in [0.25, 0.3) is 0 Å². The molecule has 0 aliphatic carbocycles. The number of nitrogens with zero attached hydrogens (tertiary/aromatic N) is 1. The molecule has 3 rings (SSSR count). The lowest BCUT2D eigenvalue weighted by molar-refractivity contribution is -0.132. The number of aliphatic hydroxyl groups excluding tert-OH is 1. The predicted molar refractivity (Wildman–Crippen MR) is 95.5 cm³/mol. The van der Waals surface area contributed by atoms with Crippen molar-refractivity contribution in [1.29, 1.82) is 0 Å². The molecule has 0 bridgehead atoms. The largest absolute Gasteiger partial charge is 0.392 e. The monoisotopic (exact) mass is 359 g/mol. The second kappa shape index (κ2) is 8.41. The molecule has 1 aliphatic heterocycles. The highest BCUT2D eigenvalue weighted by atomic mass is 19.1. The lowest BCUT2D eigenvalue weighted by atomic mass is 9.88. The molecule has 1 heterocycles. The SMILES string of the molecule is O=C(Cc1ccc(F)cc1F)N1CCC([C@@H](O)Cc2ccccc2)CC1. The van der Waals surface area contributed by atoms with Gasteiger partial charge in [0.15, 0.2) is 0 Å². The average Bonchev–Trinajstić information content (AvgIpc) is 2.65. The summed E-state index contributed by atoms with van der Waals surface area (Å²) in [5.41, 5.74) is 1.31. The Morgan fingerprint density at radius 3 is 2.46 bits per heavy atom. The Morgan fingerprint density at radius 1 is 1.12 bits per heavy atom. The molecule has 1 fully saturated rings. The van der Waals surface area contributed by atoms with Gasteiger partial charge in [-0.1, -0.05) is 36.4 Å². The number of carbonyl (C=O) groups excluding carboxylic acids is 1. The van der Waals surface area contributed by atoms with E-state index in [2.05, 4.69) is 0 Å². The maximum absolute atomic E-state index is 13.7. The highest BCUT2D eigenvalue weighted by Crippen LogP contribution is 2.24. The van der Waals surface area contributed by atoms with Crippen molar-refractivity contribution in [2.45, 2.75) is 31.8 Å². The normalized spacial score (nSPS) is 16.5. The van der Waals surface area contributed by atoms with E-state index in [9.17, 15) is 18.7 Å². The van der Waals surface area contributed by atoms with Gasteiger partial charge in [0.05, 0.1) is 12.5 Å². The summed E-state index contributed by atoms with van der Waals surface area (Å²) in [6.45, 7) is 1.11. The molecule has 1 aliphatic rings. The van der Waals surface area contributed by atoms with Crippen molar-refractivity contribution < 1.29 is 18.7 Å². The number of hydrogen-bond acceptors (Lipinski definition) is 2. The molecule has 0 spiro atoms. The van der Waals surface area contributed by atoms with Gasteiger partial charge in [0, 0.05) is 19.2 Å². The van der Waals surface area contributed by atoms with Crippen LogP contribution < -0.4 is 0 Å². The average molecular weight is 359 g/mol. The summed E-state index contributed by atoms with van der Waals surface area (Å²) in [5.74, 6) is -1.34. The summed E-state index contributed by atoms with van der Waals surface area (Å²) in [6, 6.07) is 13.1. The molecule has 0 saturated carbocycles. The van der Waals surface area contributed by atoms with Crippen molar-refractivity contribution in [1.82, 2.24) is 4.90 Å². The van der Waals surface area contributed by atoms with Crippen molar-refractivity contribution >= 4 is 5.91 Å². The number of piperidine rings is 1. The fraction of sp³-hybridized carbons (Fsp3) is 0.381. The molecule has 3 nitrogen and oxygen atoms in total. The summed E-state index contributed by atoms with van der Waals surface area (Å²) < 4.78 is 26.7. The van der Waals surface area contributed by atoms with E-state index in [1.165, 1.54) is 6.07 Å². The van der Waals surface area contributed by atoms with E-state index in [-0.39, 0.29) is 23.8 Å².